The molecule has 1 aromatic carbocycles. The van der Waals surface area contributed by atoms with E-state index in [0.717, 1.165) is 5.56 Å². The molecule has 0 atom stereocenters. The Labute approximate surface area is 140 Å². The maximum absolute atomic E-state index is 12.7. The van der Waals surface area contributed by atoms with Crippen LogP contribution < -0.4 is 4.72 Å². The highest BCUT2D eigenvalue weighted by molar-refractivity contribution is 7.92. The molecule has 6 nitrogen and oxygen atoms in total. The number of nitrogens with one attached hydrogen (secondary N) is 1. The van der Waals surface area contributed by atoms with Crippen molar-refractivity contribution >= 4 is 49.4 Å². The SMILES string of the molecule is O=C1CCc2c(NS(=O)(=O)c3c(Cl)nc4sccn34)cccc21. The summed E-state index contributed by atoms with van der Waals surface area (Å²) >= 11 is 7.30. The Morgan fingerprint density at radius 2 is 2.13 bits per heavy atom. The minimum Gasteiger partial charge on any atom is -0.294 e. The molecule has 0 bridgehead atoms. The second kappa shape index (κ2) is 5.05. The molecule has 23 heavy (non-hydrogen) atoms. The summed E-state index contributed by atoms with van der Waals surface area (Å²) in [6.45, 7) is 0. The van der Waals surface area contributed by atoms with Gasteiger partial charge in [0.15, 0.2) is 20.9 Å². The molecule has 1 aliphatic carbocycles. The van der Waals surface area contributed by atoms with Gasteiger partial charge in [-0.15, -0.1) is 11.3 Å². The minimum absolute atomic E-state index is 0.0312. The van der Waals surface area contributed by atoms with Crippen LogP contribution in [0.3, 0.4) is 0 Å². The summed E-state index contributed by atoms with van der Waals surface area (Å²) in [6.07, 6.45) is 2.53. The van der Waals surface area contributed by atoms with Crippen LogP contribution in [-0.4, -0.2) is 23.6 Å². The van der Waals surface area contributed by atoms with Gasteiger partial charge in [-0.3, -0.25) is 13.9 Å². The number of benzene rings is 1. The number of anilines is 1. The monoisotopic (exact) mass is 367 g/mol. The maximum atomic E-state index is 12.7. The van der Waals surface area contributed by atoms with Crippen molar-refractivity contribution in [1.82, 2.24) is 9.38 Å². The molecular weight excluding hydrogens is 358 g/mol. The third-order valence-corrected chi connectivity index (χ3v) is 6.28. The van der Waals surface area contributed by atoms with Gasteiger partial charge in [-0.1, -0.05) is 23.7 Å². The van der Waals surface area contributed by atoms with Gasteiger partial charge in [0.2, 0.25) is 0 Å². The molecule has 0 saturated carbocycles. The lowest BCUT2D eigenvalue weighted by molar-refractivity contribution is 0.0994. The number of hydrogen-bond acceptors (Lipinski definition) is 5. The lowest BCUT2D eigenvalue weighted by Gasteiger charge is -2.11. The first-order valence-corrected chi connectivity index (χ1v) is 9.50. The fourth-order valence-corrected chi connectivity index (χ4v) is 5.31. The van der Waals surface area contributed by atoms with Gasteiger partial charge in [-0.05, 0) is 18.1 Å². The average molecular weight is 368 g/mol. The van der Waals surface area contributed by atoms with Crippen molar-refractivity contribution in [3.8, 4) is 0 Å². The average Bonchev–Trinajstić information content (AvgIpc) is 3.14. The summed E-state index contributed by atoms with van der Waals surface area (Å²) in [5, 5.41) is 1.56. The van der Waals surface area contributed by atoms with Crippen LogP contribution in [-0.2, 0) is 16.4 Å². The molecule has 0 fully saturated rings. The van der Waals surface area contributed by atoms with E-state index in [4.69, 9.17) is 11.6 Å². The largest absolute Gasteiger partial charge is 0.294 e. The normalized spacial score (nSPS) is 14.4. The van der Waals surface area contributed by atoms with Crippen molar-refractivity contribution in [1.29, 1.82) is 0 Å². The molecule has 3 aromatic rings. The second-order valence-corrected chi connectivity index (χ2v) is 7.95. The van der Waals surface area contributed by atoms with Crippen LogP contribution in [0, 0.1) is 0 Å². The first-order valence-electron chi connectivity index (χ1n) is 6.76. The molecule has 0 saturated heterocycles. The summed E-state index contributed by atoms with van der Waals surface area (Å²) in [5.41, 5.74) is 1.71. The van der Waals surface area contributed by atoms with Gasteiger partial charge in [0, 0.05) is 23.6 Å². The molecule has 2 aromatic heterocycles. The van der Waals surface area contributed by atoms with Gasteiger partial charge in [0.25, 0.3) is 10.0 Å². The van der Waals surface area contributed by atoms with Crippen LogP contribution in [0.5, 0.6) is 0 Å². The molecule has 2 heterocycles. The highest BCUT2D eigenvalue weighted by Gasteiger charge is 2.28. The van der Waals surface area contributed by atoms with E-state index in [1.165, 1.54) is 15.7 Å². The summed E-state index contributed by atoms with van der Waals surface area (Å²) in [4.78, 5) is 16.3. The summed E-state index contributed by atoms with van der Waals surface area (Å²) < 4.78 is 29.5. The van der Waals surface area contributed by atoms with Crippen molar-refractivity contribution in [2.45, 2.75) is 17.9 Å². The molecule has 118 valence electrons. The predicted molar refractivity (Wildman–Crippen MR) is 88.0 cm³/mol. The number of carbonyl (C=O) groups is 1. The van der Waals surface area contributed by atoms with Crippen LogP contribution in [0.4, 0.5) is 5.69 Å². The first-order chi connectivity index (χ1) is 11.0. The second-order valence-electron chi connectivity index (χ2n) is 5.12. The number of ketones is 1. The Balaban J connectivity index is 1.81. The standard InChI is InChI=1S/C14H10ClN3O3S2/c15-12-13(18-6-7-22-14(18)16-12)23(20,21)17-10-3-1-2-9-8(10)4-5-11(9)19/h1-3,6-7,17H,4-5H2. The Kier molecular flexibility index (Phi) is 3.22. The zero-order chi connectivity index (χ0) is 16.2. The third kappa shape index (κ3) is 2.25. The van der Waals surface area contributed by atoms with E-state index >= 15 is 0 Å². The van der Waals surface area contributed by atoms with E-state index in [0.29, 0.717) is 29.1 Å². The van der Waals surface area contributed by atoms with Gasteiger partial charge >= 0.3 is 0 Å². The molecule has 1 N–H and O–H groups in total. The zero-order valence-corrected chi connectivity index (χ0v) is 14.0. The van der Waals surface area contributed by atoms with Crippen molar-refractivity contribution < 1.29 is 13.2 Å². The van der Waals surface area contributed by atoms with E-state index in [-0.39, 0.29) is 16.0 Å². The number of sulfonamides is 1. The molecule has 0 spiro atoms. The third-order valence-electron chi connectivity index (χ3n) is 3.76. The van der Waals surface area contributed by atoms with Crippen LogP contribution in [0.15, 0.2) is 34.8 Å². The van der Waals surface area contributed by atoms with Gasteiger partial charge < -0.3 is 0 Å². The van der Waals surface area contributed by atoms with E-state index in [9.17, 15) is 13.2 Å². The molecule has 0 amide bonds. The van der Waals surface area contributed by atoms with Crippen molar-refractivity contribution in [3.05, 3.63) is 46.1 Å². The number of aromatic nitrogens is 2. The zero-order valence-electron chi connectivity index (χ0n) is 11.6. The Bertz CT molecular complexity index is 1050. The maximum Gasteiger partial charge on any atom is 0.281 e. The van der Waals surface area contributed by atoms with Crippen LogP contribution in [0.1, 0.15) is 22.3 Å². The molecule has 9 heteroatoms. The van der Waals surface area contributed by atoms with Gasteiger partial charge in [-0.25, -0.2) is 4.98 Å². The van der Waals surface area contributed by atoms with E-state index in [2.05, 4.69) is 9.71 Å². The number of fused-ring (bicyclic) bond motifs is 2. The summed E-state index contributed by atoms with van der Waals surface area (Å²) in [6, 6.07) is 5.03. The lowest BCUT2D eigenvalue weighted by atomic mass is 10.1. The van der Waals surface area contributed by atoms with E-state index in [1.807, 2.05) is 0 Å². The Morgan fingerprint density at radius 1 is 1.30 bits per heavy atom. The van der Waals surface area contributed by atoms with Crippen LogP contribution in [0.25, 0.3) is 4.96 Å². The molecule has 0 unspecified atom stereocenters. The first kappa shape index (κ1) is 14.7. The minimum atomic E-state index is -3.92. The highest BCUT2D eigenvalue weighted by Crippen LogP contribution is 2.32. The van der Waals surface area contributed by atoms with Gasteiger partial charge in [0.05, 0.1) is 5.69 Å². The van der Waals surface area contributed by atoms with Crippen LogP contribution in [0.2, 0.25) is 5.15 Å². The Hall–Kier alpha value is -1.90. The van der Waals surface area contributed by atoms with E-state index in [1.54, 1.807) is 29.8 Å². The quantitative estimate of drug-likeness (QED) is 0.771. The van der Waals surface area contributed by atoms with Crippen molar-refractivity contribution in [2.24, 2.45) is 0 Å². The molecule has 1 aliphatic rings. The number of carbonyl (C=O) groups excluding carboxylic acids is 1. The summed E-state index contributed by atoms with van der Waals surface area (Å²) in [5.74, 6) is 0.0312. The van der Waals surface area contributed by atoms with Gasteiger partial charge in [-0.2, -0.15) is 8.42 Å². The lowest BCUT2D eigenvalue weighted by Crippen LogP contribution is -2.16. The smallest absolute Gasteiger partial charge is 0.281 e. The fourth-order valence-electron chi connectivity index (χ4n) is 2.76. The van der Waals surface area contributed by atoms with E-state index < -0.39 is 10.0 Å². The number of Topliss-reactive ketones (excluding diaryl/α,β-unsaturated/α-hetero) is 1. The summed E-state index contributed by atoms with van der Waals surface area (Å²) in [7, 11) is -3.92. The number of rotatable bonds is 3. The predicted octanol–water partition coefficient (Wildman–Crippen LogP) is 2.98. The molecule has 0 radical (unpaired) electrons. The van der Waals surface area contributed by atoms with Crippen molar-refractivity contribution in [2.75, 3.05) is 4.72 Å². The highest BCUT2D eigenvalue weighted by atomic mass is 35.5. The molecule has 0 aliphatic heterocycles. The molecular formula is C14H10ClN3O3S2. The van der Waals surface area contributed by atoms with Gasteiger partial charge in [0.1, 0.15) is 0 Å². The topological polar surface area (TPSA) is 80.5 Å². The fraction of sp³-hybridized carbons (Fsp3) is 0.143. The number of halogens is 1. The molecule has 4 rings (SSSR count). The number of imidazole rings is 1. The number of hydrogen-bond donors (Lipinski definition) is 1. The Morgan fingerprint density at radius 3 is 2.96 bits per heavy atom. The van der Waals surface area contributed by atoms with Crippen LogP contribution >= 0.6 is 22.9 Å². The number of nitrogens with zero attached hydrogens (tertiary/aromatic N) is 2. The van der Waals surface area contributed by atoms with Crippen molar-refractivity contribution in [3.63, 3.8) is 0 Å². The number of thiazole rings is 1.